The van der Waals surface area contributed by atoms with Gasteiger partial charge in [-0.15, -0.1) is 0 Å². The molecule has 0 aliphatic carbocycles. The summed E-state index contributed by atoms with van der Waals surface area (Å²) >= 11 is 0. The highest BCUT2D eigenvalue weighted by atomic mass is 19.1. The minimum Gasteiger partial charge on any atom is -0.312 e. The van der Waals surface area contributed by atoms with Gasteiger partial charge in [-0.05, 0) is 43.3 Å². The second-order valence-electron chi connectivity index (χ2n) is 4.93. The van der Waals surface area contributed by atoms with E-state index in [1.807, 2.05) is 19.1 Å². The summed E-state index contributed by atoms with van der Waals surface area (Å²) in [4.78, 5) is 3.97. The number of aryl methyl sites for hydroxylation is 1. The minimum atomic E-state index is -0.520. The molecule has 1 heterocycles. The number of hydrogen-bond acceptors (Lipinski definition) is 2. The van der Waals surface area contributed by atoms with Crippen molar-refractivity contribution < 1.29 is 8.78 Å². The van der Waals surface area contributed by atoms with Crippen LogP contribution in [0, 0.1) is 18.6 Å². The van der Waals surface area contributed by atoms with Gasteiger partial charge in [0, 0.05) is 29.9 Å². The maximum atomic E-state index is 14.3. The van der Waals surface area contributed by atoms with E-state index >= 15 is 0 Å². The molecule has 1 aromatic heterocycles. The average molecular weight is 276 g/mol. The van der Waals surface area contributed by atoms with E-state index in [2.05, 4.69) is 10.3 Å². The van der Waals surface area contributed by atoms with Crippen LogP contribution in [0.25, 0.3) is 0 Å². The number of hydrogen-bond donors (Lipinski definition) is 1. The number of rotatable bonds is 4. The smallest absolute Gasteiger partial charge is 0.133 e. The first-order valence-corrected chi connectivity index (χ1v) is 6.58. The molecule has 1 N–H and O–H groups in total. The Morgan fingerprint density at radius 1 is 1.10 bits per heavy atom. The highest BCUT2D eigenvalue weighted by Gasteiger charge is 2.26. The van der Waals surface area contributed by atoms with Crippen molar-refractivity contribution in [3.8, 4) is 0 Å². The van der Waals surface area contributed by atoms with Gasteiger partial charge >= 0.3 is 0 Å². The molecule has 20 heavy (non-hydrogen) atoms. The molecule has 0 amide bonds. The molecule has 2 aromatic rings. The van der Waals surface area contributed by atoms with E-state index in [1.165, 1.54) is 12.1 Å². The second kappa shape index (κ2) is 6.09. The highest BCUT2D eigenvalue weighted by Crippen LogP contribution is 2.33. The van der Waals surface area contributed by atoms with Crippen LogP contribution < -0.4 is 5.32 Å². The molecule has 0 saturated heterocycles. The molecule has 0 aliphatic rings. The molecule has 2 rings (SSSR count). The number of nitrogens with one attached hydrogen (secondary N) is 1. The van der Waals surface area contributed by atoms with E-state index in [0.717, 1.165) is 5.56 Å². The van der Waals surface area contributed by atoms with Crippen LogP contribution in [-0.2, 0) is 0 Å². The van der Waals surface area contributed by atoms with Gasteiger partial charge in [0.05, 0.1) is 0 Å². The molecule has 1 aromatic carbocycles. The summed E-state index contributed by atoms with van der Waals surface area (Å²) in [5.74, 6) is -1.08. The van der Waals surface area contributed by atoms with E-state index < -0.39 is 17.7 Å². The Bertz CT molecular complexity index is 585. The molecule has 0 spiro atoms. The predicted octanol–water partition coefficient (Wildman–Crippen LogP) is 3.73. The summed E-state index contributed by atoms with van der Waals surface area (Å²) < 4.78 is 28.3. The van der Waals surface area contributed by atoms with Gasteiger partial charge in [0.25, 0.3) is 0 Å². The van der Waals surface area contributed by atoms with Crippen molar-refractivity contribution >= 4 is 0 Å². The molecule has 2 nitrogen and oxygen atoms in total. The predicted molar refractivity (Wildman–Crippen MR) is 75.5 cm³/mol. The maximum absolute atomic E-state index is 14.3. The van der Waals surface area contributed by atoms with Crippen LogP contribution in [0.3, 0.4) is 0 Å². The molecular weight excluding hydrogens is 258 g/mol. The van der Waals surface area contributed by atoms with Crippen LogP contribution >= 0.6 is 0 Å². The number of halogens is 2. The van der Waals surface area contributed by atoms with Crippen LogP contribution in [0.5, 0.6) is 0 Å². The van der Waals surface area contributed by atoms with Crippen molar-refractivity contribution in [2.45, 2.75) is 25.8 Å². The van der Waals surface area contributed by atoms with Crippen molar-refractivity contribution in [1.29, 1.82) is 0 Å². The summed E-state index contributed by atoms with van der Waals surface area (Å²) in [6.07, 6.45) is 3.36. The molecule has 0 saturated carbocycles. The van der Waals surface area contributed by atoms with Gasteiger partial charge in [-0.3, -0.25) is 4.98 Å². The molecule has 2 unspecified atom stereocenters. The Kier molecular flexibility index (Phi) is 4.45. The zero-order chi connectivity index (χ0) is 14.7. The van der Waals surface area contributed by atoms with Gasteiger partial charge < -0.3 is 5.32 Å². The molecular formula is C16H18F2N2. The standard InChI is InChI=1S/C16H18F2N2/c1-10-4-5-13(17)14(15(10)18)16(19-3)11(2)12-6-8-20-9-7-12/h4-9,11,16,19H,1-3H3. The van der Waals surface area contributed by atoms with Gasteiger partial charge in [0.15, 0.2) is 0 Å². The van der Waals surface area contributed by atoms with E-state index in [0.29, 0.717) is 5.56 Å². The lowest BCUT2D eigenvalue weighted by Crippen LogP contribution is -2.25. The third kappa shape index (κ3) is 2.70. The molecule has 106 valence electrons. The van der Waals surface area contributed by atoms with Crippen LogP contribution in [0.4, 0.5) is 8.78 Å². The largest absolute Gasteiger partial charge is 0.312 e. The number of likely N-dealkylation sites (N-methyl/N-ethyl adjacent to an activating group) is 1. The minimum absolute atomic E-state index is 0.0752. The van der Waals surface area contributed by atoms with Gasteiger partial charge in [-0.1, -0.05) is 13.0 Å². The van der Waals surface area contributed by atoms with Crippen LogP contribution in [0.15, 0.2) is 36.7 Å². The number of pyridine rings is 1. The Morgan fingerprint density at radius 3 is 2.35 bits per heavy atom. The van der Waals surface area contributed by atoms with Crippen LogP contribution in [0.1, 0.15) is 35.6 Å². The van der Waals surface area contributed by atoms with Crippen molar-refractivity contribution in [2.24, 2.45) is 0 Å². The fraction of sp³-hybridized carbons (Fsp3) is 0.312. The highest BCUT2D eigenvalue weighted by molar-refractivity contribution is 5.32. The third-order valence-corrected chi connectivity index (χ3v) is 3.67. The maximum Gasteiger partial charge on any atom is 0.133 e. The summed E-state index contributed by atoms with van der Waals surface area (Å²) in [7, 11) is 1.71. The second-order valence-corrected chi connectivity index (χ2v) is 4.93. The van der Waals surface area contributed by atoms with Gasteiger partial charge in [-0.2, -0.15) is 0 Å². The monoisotopic (exact) mass is 276 g/mol. The van der Waals surface area contributed by atoms with Crippen molar-refractivity contribution in [2.75, 3.05) is 7.05 Å². The van der Waals surface area contributed by atoms with Gasteiger partial charge in [-0.25, -0.2) is 8.78 Å². The van der Waals surface area contributed by atoms with Gasteiger partial charge in [0.1, 0.15) is 11.6 Å². The Hall–Kier alpha value is -1.81. The molecule has 0 radical (unpaired) electrons. The fourth-order valence-corrected chi connectivity index (χ4v) is 2.47. The number of benzene rings is 1. The zero-order valence-electron chi connectivity index (χ0n) is 11.8. The Balaban J connectivity index is 2.46. The lowest BCUT2D eigenvalue weighted by molar-refractivity contribution is 0.445. The van der Waals surface area contributed by atoms with Crippen LogP contribution in [0.2, 0.25) is 0 Å². The first kappa shape index (κ1) is 14.6. The summed E-state index contributed by atoms with van der Waals surface area (Å²) in [6, 6.07) is 6.06. The first-order valence-electron chi connectivity index (χ1n) is 6.58. The SMILES string of the molecule is CNC(c1c(F)ccc(C)c1F)C(C)c1ccncc1. The van der Waals surface area contributed by atoms with Crippen molar-refractivity contribution in [1.82, 2.24) is 10.3 Å². The molecule has 0 fully saturated rings. The quantitative estimate of drug-likeness (QED) is 0.920. The zero-order valence-corrected chi connectivity index (χ0v) is 11.8. The Morgan fingerprint density at radius 2 is 1.75 bits per heavy atom. The molecule has 0 aliphatic heterocycles. The molecule has 2 atom stereocenters. The van der Waals surface area contributed by atoms with Crippen molar-refractivity contribution in [3.63, 3.8) is 0 Å². The van der Waals surface area contributed by atoms with Crippen molar-refractivity contribution in [3.05, 3.63) is 65.0 Å². The van der Waals surface area contributed by atoms with E-state index in [9.17, 15) is 8.78 Å². The first-order chi connectivity index (χ1) is 9.56. The van der Waals surface area contributed by atoms with E-state index in [1.54, 1.807) is 26.4 Å². The number of nitrogens with zero attached hydrogens (tertiary/aromatic N) is 1. The topological polar surface area (TPSA) is 24.9 Å². The lowest BCUT2D eigenvalue weighted by Gasteiger charge is -2.25. The average Bonchev–Trinajstić information content (AvgIpc) is 2.48. The normalized spacial score (nSPS) is 14.1. The van der Waals surface area contributed by atoms with E-state index in [4.69, 9.17) is 0 Å². The molecule has 4 heteroatoms. The fourth-order valence-electron chi connectivity index (χ4n) is 2.47. The third-order valence-electron chi connectivity index (χ3n) is 3.67. The van der Waals surface area contributed by atoms with Gasteiger partial charge in [0.2, 0.25) is 0 Å². The Labute approximate surface area is 117 Å². The lowest BCUT2D eigenvalue weighted by atomic mass is 9.88. The van der Waals surface area contributed by atoms with Crippen LogP contribution in [-0.4, -0.2) is 12.0 Å². The summed E-state index contributed by atoms with van der Waals surface area (Å²) in [6.45, 7) is 3.58. The summed E-state index contributed by atoms with van der Waals surface area (Å²) in [5, 5.41) is 3.03. The number of aromatic nitrogens is 1. The summed E-state index contributed by atoms with van der Waals surface area (Å²) in [5.41, 5.74) is 1.53. The van der Waals surface area contributed by atoms with E-state index in [-0.39, 0.29) is 11.5 Å². The molecule has 0 bridgehead atoms.